The first-order valence-electron chi connectivity index (χ1n) is 10.1. The summed E-state index contributed by atoms with van der Waals surface area (Å²) in [6.45, 7) is 3.64. The van der Waals surface area contributed by atoms with Crippen molar-refractivity contribution in [1.29, 1.82) is 0 Å². The smallest absolute Gasteiger partial charge is 0.335 e. The number of hydrogen-bond acceptors (Lipinski definition) is 4. The lowest BCUT2D eigenvalue weighted by Gasteiger charge is -2.42. The summed E-state index contributed by atoms with van der Waals surface area (Å²) >= 11 is 0. The Bertz CT molecular complexity index is 929. The molecule has 2 aromatic carbocycles. The fourth-order valence-electron chi connectivity index (χ4n) is 4.79. The molecule has 2 saturated heterocycles. The van der Waals surface area contributed by atoms with Crippen LogP contribution in [0.2, 0.25) is 0 Å². The molecule has 0 aliphatic carbocycles. The molecule has 1 spiro atoms. The fourth-order valence-corrected chi connectivity index (χ4v) is 4.79. The van der Waals surface area contributed by atoms with Crippen LogP contribution in [0.5, 0.6) is 0 Å². The highest BCUT2D eigenvalue weighted by Gasteiger charge is 2.55. The van der Waals surface area contributed by atoms with Crippen molar-refractivity contribution < 1.29 is 14.7 Å². The van der Waals surface area contributed by atoms with E-state index in [0.717, 1.165) is 42.7 Å². The molecule has 2 fully saturated rings. The van der Waals surface area contributed by atoms with Crippen LogP contribution in [-0.4, -0.2) is 53.7 Å². The van der Waals surface area contributed by atoms with Crippen LogP contribution in [0, 0.1) is 0 Å². The van der Waals surface area contributed by atoms with E-state index in [9.17, 15) is 14.7 Å². The molecule has 2 N–H and O–H groups in total. The van der Waals surface area contributed by atoms with Crippen molar-refractivity contribution in [2.24, 2.45) is 0 Å². The highest BCUT2D eigenvalue weighted by atomic mass is 35.5. The van der Waals surface area contributed by atoms with Gasteiger partial charge in [0.25, 0.3) is 0 Å². The molecule has 2 aliphatic heterocycles. The molecule has 2 aliphatic rings. The third-order valence-corrected chi connectivity index (χ3v) is 6.38. The predicted molar refractivity (Wildman–Crippen MR) is 119 cm³/mol. The first-order valence-corrected chi connectivity index (χ1v) is 10.1. The van der Waals surface area contributed by atoms with E-state index in [1.165, 1.54) is 0 Å². The van der Waals surface area contributed by atoms with Crippen LogP contribution < -0.4 is 10.2 Å². The molecule has 1 amide bonds. The molecule has 160 valence electrons. The van der Waals surface area contributed by atoms with Crippen molar-refractivity contribution in [3.05, 3.63) is 65.2 Å². The Morgan fingerprint density at radius 3 is 2.47 bits per heavy atom. The number of amides is 1. The zero-order valence-corrected chi connectivity index (χ0v) is 18.1. The van der Waals surface area contributed by atoms with Crippen LogP contribution in [0.3, 0.4) is 0 Å². The molecule has 30 heavy (non-hydrogen) atoms. The average molecular weight is 430 g/mol. The summed E-state index contributed by atoms with van der Waals surface area (Å²) in [4.78, 5) is 29.0. The highest BCUT2D eigenvalue weighted by Crippen LogP contribution is 2.41. The summed E-state index contributed by atoms with van der Waals surface area (Å²) in [7, 11) is 1.85. The van der Waals surface area contributed by atoms with Crippen molar-refractivity contribution in [3.8, 4) is 0 Å². The zero-order valence-electron chi connectivity index (χ0n) is 17.3. The minimum Gasteiger partial charge on any atom is -0.478 e. The second kappa shape index (κ2) is 8.66. The van der Waals surface area contributed by atoms with Gasteiger partial charge in [0.15, 0.2) is 0 Å². The van der Waals surface area contributed by atoms with Gasteiger partial charge in [0.1, 0.15) is 11.7 Å². The monoisotopic (exact) mass is 429 g/mol. The summed E-state index contributed by atoms with van der Waals surface area (Å²) in [5.41, 5.74) is 2.48. The number of aromatic carboxylic acids is 1. The van der Waals surface area contributed by atoms with E-state index in [-0.39, 0.29) is 24.5 Å². The number of hydrogen-bond donors (Lipinski definition) is 2. The van der Waals surface area contributed by atoms with Gasteiger partial charge < -0.3 is 20.2 Å². The van der Waals surface area contributed by atoms with Gasteiger partial charge >= 0.3 is 5.97 Å². The summed E-state index contributed by atoms with van der Waals surface area (Å²) < 4.78 is 0. The molecular formula is C23H28ClN3O3. The van der Waals surface area contributed by atoms with Crippen molar-refractivity contribution >= 4 is 30.0 Å². The number of benzene rings is 2. The minimum atomic E-state index is -0.929. The van der Waals surface area contributed by atoms with Gasteiger partial charge in [-0.1, -0.05) is 30.3 Å². The number of carboxylic acid groups (broad SMARTS) is 1. The highest BCUT2D eigenvalue weighted by molar-refractivity contribution is 5.95. The van der Waals surface area contributed by atoms with E-state index in [1.807, 2.05) is 61.3 Å². The molecule has 2 aromatic rings. The molecule has 0 bridgehead atoms. The summed E-state index contributed by atoms with van der Waals surface area (Å²) in [6.07, 6.45) is 1.95. The molecule has 4 rings (SSSR count). The molecule has 1 unspecified atom stereocenters. The Morgan fingerprint density at radius 1 is 1.17 bits per heavy atom. The van der Waals surface area contributed by atoms with Gasteiger partial charge in [-0.25, -0.2) is 4.79 Å². The topological polar surface area (TPSA) is 72.9 Å². The van der Waals surface area contributed by atoms with Gasteiger partial charge in [-0.05, 0) is 68.6 Å². The lowest BCUT2D eigenvalue weighted by molar-refractivity contribution is -0.132. The molecule has 0 aromatic heterocycles. The van der Waals surface area contributed by atoms with E-state index in [0.29, 0.717) is 12.0 Å². The van der Waals surface area contributed by atoms with Crippen LogP contribution in [0.1, 0.15) is 41.3 Å². The number of piperidine rings is 1. The van der Waals surface area contributed by atoms with Crippen LogP contribution in [-0.2, 0) is 11.2 Å². The average Bonchev–Trinajstić information content (AvgIpc) is 2.90. The number of anilines is 1. The molecule has 0 saturated carbocycles. The normalized spacial score (nSPS) is 20.3. The second-order valence-electron chi connectivity index (χ2n) is 8.01. The van der Waals surface area contributed by atoms with Crippen molar-refractivity contribution in [2.75, 3.05) is 25.0 Å². The number of likely N-dealkylation sites (N-methyl/N-ethyl adjacent to an activating group) is 1. The Labute approximate surface area is 183 Å². The van der Waals surface area contributed by atoms with Crippen LogP contribution in [0.15, 0.2) is 48.5 Å². The van der Waals surface area contributed by atoms with Crippen LogP contribution in [0.25, 0.3) is 0 Å². The SMILES string of the molecule is CC1N(C)C(=O)C2(CCNCC2)N1c1ccc(C(=O)O)c(Cc2ccccc2)c1.Cl. The Hall–Kier alpha value is -2.57. The maximum absolute atomic E-state index is 13.2. The number of nitrogens with one attached hydrogen (secondary N) is 1. The largest absolute Gasteiger partial charge is 0.478 e. The van der Waals surface area contributed by atoms with Gasteiger partial charge in [0.2, 0.25) is 5.91 Å². The number of carbonyl (C=O) groups excluding carboxylic acids is 1. The molecule has 1 atom stereocenters. The first-order chi connectivity index (χ1) is 13.9. The fraction of sp³-hybridized carbons (Fsp3) is 0.391. The van der Waals surface area contributed by atoms with E-state index < -0.39 is 11.5 Å². The van der Waals surface area contributed by atoms with Crippen molar-refractivity contribution in [1.82, 2.24) is 10.2 Å². The van der Waals surface area contributed by atoms with Crippen LogP contribution in [0.4, 0.5) is 5.69 Å². The number of rotatable bonds is 4. The van der Waals surface area contributed by atoms with Gasteiger partial charge in [-0.3, -0.25) is 4.79 Å². The Morgan fingerprint density at radius 2 is 1.83 bits per heavy atom. The summed E-state index contributed by atoms with van der Waals surface area (Å²) in [5.74, 6) is -0.778. The van der Waals surface area contributed by atoms with Crippen LogP contribution >= 0.6 is 12.4 Å². The van der Waals surface area contributed by atoms with Crippen molar-refractivity contribution in [3.63, 3.8) is 0 Å². The Balaban J connectivity index is 0.00000256. The van der Waals surface area contributed by atoms with Crippen molar-refractivity contribution in [2.45, 2.75) is 37.9 Å². The molecular weight excluding hydrogens is 402 g/mol. The van der Waals surface area contributed by atoms with E-state index in [1.54, 1.807) is 6.07 Å². The lowest BCUT2D eigenvalue weighted by atomic mass is 9.86. The summed E-state index contributed by atoms with van der Waals surface area (Å²) in [6, 6.07) is 15.4. The number of carboxylic acids is 1. The zero-order chi connectivity index (χ0) is 20.6. The number of nitrogens with zero attached hydrogens (tertiary/aromatic N) is 2. The number of halogens is 1. The quantitative estimate of drug-likeness (QED) is 0.781. The van der Waals surface area contributed by atoms with E-state index in [4.69, 9.17) is 0 Å². The maximum Gasteiger partial charge on any atom is 0.335 e. The summed E-state index contributed by atoms with van der Waals surface area (Å²) in [5, 5.41) is 13.0. The predicted octanol–water partition coefficient (Wildman–Crippen LogP) is 3.14. The third kappa shape index (κ3) is 3.66. The Kier molecular flexibility index (Phi) is 6.38. The second-order valence-corrected chi connectivity index (χ2v) is 8.01. The third-order valence-electron chi connectivity index (χ3n) is 6.38. The van der Waals surface area contributed by atoms with Gasteiger partial charge in [-0.2, -0.15) is 0 Å². The minimum absolute atomic E-state index is 0. The number of carbonyl (C=O) groups is 2. The maximum atomic E-state index is 13.2. The van der Waals surface area contributed by atoms with Gasteiger partial charge in [-0.15, -0.1) is 12.4 Å². The molecule has 2 heterocycles. The molecule has 6 nitrogen and oxygen atoms in total. The van der Waals surface area contributed by atoms with E-state index in [2.05, 4.69) is 10.2 Å². The standard InChI is InChI=1S/C23H27N3O3.ClH/c1-16-25(2)22(29)23(10-12-24-13-11-23)26(16)19-8-9-20(21(27)28)18(15-19)14-17-6-4-3-5-7-17;/h3-9,15-16,24H,10-14H2,1-2H3,(H,27,28);1H. The van der Waals surface area contributed by atoms with Gasteiger partial charge in [0, 0.05) is 12.7 Å². The molecule has 7 heteroatoms. The van der Waals surface area contributed by atoms with Gasteiger partial charge in [0.05, 0.1) is 5.56 Å². The van der Waals surface area contributed by atoms with E-state index >= 15 is 0 Å². The lowest BCUT2D eigenvalue weighted by Crippen LogP contribution is -2.56. The molecule has 0 radical (unpaired) electrons. The first kappa shape index (κ1) is 22.1.